The molecule has 0 spiro atoms. The van der Waals surface area contributed by atoms with E-state index in [1.807, 2.05) is 36.5 Å². The number of piperidine rings is 1. The fraction of sp³-hybridized carbons (Fsp3) is 0.292. The molecule has 1 aliphatic rings. The Hall–Kier alpha value is -3.10. The number of rotatable bonds is 7. The normalized spacial score (nSPS) is 15.2. The number of nitrogens with one attached hydrogen (secondary N) is 2. The zero-order valence-electron chi connectivity index (χ0n) is 17.7. The van der Waals surface area contributed by atoms with Crippen molar-refractivity contribution in [3.63, 3.8) is 0 Å². The van der Waals surface area contributed by atoms with Crippen LogP contribution in [0.15, 0.2) is 70.4 Å². The lowest BCUT2D eigenvalue weighted by molar-refractivity contribution is -0.119. The van der Waals surface area contributed by atoms with Gasteiger partial charge in [0.2, 0.25) is 5.91 Å². The van der Waals surface area contributed by atoms with Crippen molar-refractivity contribution in [3.05, 3.63) is 66.4 Å². The van der Waals surface area contributed by atoms with Gasteiger partial charge in [0.25, 0.3) is 11.1 Å². The molecular weight excluding hydrogens is 422 g/mol. The number of carbonyl (C=O) groups is 1. The van der Waals surface area contributed by atoms with E-state index < -0.39 is 0 Å². The number of hydrogen-bond donors (Lipinski definition) is 2. The number of amides is 1. The molecular formula is C24H25N5O2S. The number of aromatic amines is 1. The summed E-state index contributed by atoms with van der Waals surface area (Å²) in [4.78, 5) is 18.1. The summed E-state index contributed by atoms with van der Waals surface area (Å²) in [6.45, 7) is 2.95. The van der Waals surface area contributed by atoms with E-state index in [-0.39, 0.29) is 17.7 Å². The van der Waals surface area contributed by atoms with Gasteiger partial charge >= 0.3 is 0 Å². The van der Waals surface area contributed by atoms with Crippen LogP contribution in [0.5, 0.6) is 0 Å². The molecule has 2 N–H and O–H groups in total. The highest BCUT2D eigenvalue weighted by molar-refractivity contribution is 7.99. The lowest BCUT2D eigenvalue weighted by Gasteiger charge is -2.32. The smallest absolute Gasteiger partial charge is 0.277 e. The van der Waals surface area contributed by atoms with Gasteiger partial charge in [0.05, 0.1) is 11.3 Å². The van der Waals surface area contributed by atoms with Crippen molar-refractivity contribution in [2.45, 2.75) is 30.7 Å². The highest BCUT2D eigenvalue weighted by atomic mass is 32.2. The minimum atomic E-state index is 0.00311. The molecule has 1 fully saturated rings. The van der Waals surface area contributed by atoms with Gasteiger partial charge in [-0.25, -0.2) is 0 Å². The Kier molecular flexibility index (Phi) is 6.22. The Bertz CT molecular complexity index is 1180. The second-order valence-electron chi connectivity index (χ2n) is 8.01. The fourth-order valence-corrected chi connectivity index (χ4v) is 4.67. The number of para-hydroxylation sites is 1. The maximum atomic E-state index is 12.4. The zero-order valence-corrected chi connectivity index (χ0v) is 18.5. The molecule has 2 aromatic heterocycles. The molecule has 4 aromatic rings. The van der Waals surface area contributed by atoms with E-state index in [1.54, 1.807) is 0 Å². The molecule has 2 aromatic carbocycles. The summed E-state index contributed by atoms with van der Waals surface area (Å²) < 4.78 is 5.78. The molecule has 1 saturated heterocycles. The lowest BCUT2D eigenvalue weighted by Crippen LogP contribution is -2.44. The average molecular weight is 448 g/mol. The van der Waals surface area contributed by atoms with Crippen LogP contribution in [0.25, 0.3) is 22.4 Å². The molecule has 0 saturated carbocycles. The summed E-state index contributed by atoms with van der Waals surface area (Å²) >= 11 is 1.27. The van der Waals surface area contributed by atoms with E-state index in [1.165, 1.54) is 17.3 Å². The first-order valence-corrected chi connectivity index (χ1v) is 11.8. The fourth-order valence-electron chi connectivity index (χ4n) is 4.10. The van der Waals surface area contributed by atoms with Gasteiger partial charge in [-0.15, -0.1) is 10.2 Å². The number of benzene rings is 2. The first-order chi connectivity index (χ1) is 15.7. The van der Waals surface area contributed by atoms with Gasteiger partial charge < -0.3 is 14.7 Å². The molecule has 0 aliphatic carbocycles. The Morgan fingerprint density at radius 1 is 1.09 bits per heavy atom. The predicted octanol–water partition coefficient (Wildman–Crippen LogP) is 4.09. The zero-order chi connectivity index (χ0) is 21.8. The molecule has 0 bridgehead atoms. The Morgan fingerprint density at radius 3 is 2.72 bits per heavy atom. The van der Waals surface area contributed by atoms with E-state index in [9.17, 15) is 4.79 Å². The van der Waals surface area contributed by atoms with Gasteiger partial charge in [0.1, 0.15) is 0 Å². The first-order valence-electron chi connectivity index (χ1n) is 10.8. The van der Waals surface area contributed by atoms with Crippen molar-refractivity contribution in [1.82, 2.24) is 25.4 Å². The van der Waals surface area contributed by atoms with Crippen LogP contribution in [0.2, 0.25) is 0 Å². The van der Waals surface area contributed by atoms with Gasteiger partial charge in [-0.2, -0.15) is 0 Å². The highest BCUT2D eigenvalue weighted by Crippen LogP contribution is 2.29. The monoisotopic (exact) mass is 447 g/mol. The van der Waals surface area contributed by atoms with Crippen molar-refractivity contribution in [2.75, 3.05) is 18.8 Å². The second kappa shape index (κ2) is 9.58. The van der Waals surface area contributed by atoms with Crippen LogP contribution in [0.4, 0.5) is 0 Å². The van der Waals surface area contributed by atoms with Crippen LogP contribution in [-0.4, -0.2) is 50.9 Å². The third kappa shape index (κ3) is 4.87. The lowest BCUT2D eigenvalue weighted by atomic mass is 10.0. The third-order valence-electron chi connectivity index (χ3n) is 5.75. The molecule has 5 rings (SSSR count). The van der Waals surface area contributed by atoms with Crippen molar-refractivity contribution in [3.8, 4) is 11.5 Å². The Morgan fingerprint density at radius 2 is 1.88 bits per heavy atom. The van der Waals surface area contributed by atoms with E-state index in [4.69, 9.17) is 4.42 Å². The summed E-state index contributed by atoms with van der Waals surface area (Å²) in [7, 11) is 0. The molecule has 7 nitrogen and oxygen atoms in total. The standard InChI is InChI=1S/C24H25N5O2S/c30-22(26-18-10-12-29(13-11-18)15-17-6-2-1-3-7-17)16-32-24-28-27-23(31-24)20-14-25-21-9-5-4-8-19(20)21/h1-9,14,18,25H,10-13,15-16H2,(H,26,30). The van der Waals surface area contributed by atoms with Crippen LogP contribution in [-0.2, 0) is 11.3 Å². The third-order valence-corrected chi connectivity index (χ3v) is 6.57. The van der Waals surface area contributed by atoms with Crippen LogP contribution in [0.3, 0.4) is 0 Å². The van der Waals surface area contributed by atoms with Crippen molar-refractivity contribution in [1.29, 1.82) is 0 Å². The largest absolute Gasteiger partial charge is 0.411 e. The van der Waals surface area contributed by atoms with E-state index in [0.29, 0.717) is 11.1 Å². The topological polar surface area (TPSA) is 87.0 Å². The summed E-state index contributed by atoms with van der Waals surface area (Å²) in [5.41, 5.74) is 3.22. The highest BCUT2D eigenvalue weighted by Gasteiger charge is 2.21. The molecule has 3 heterocycles. The number of likely N-dealkylation sites (tertiary alicyclic amines) is 1. The Balaban J connectivity index is 1.08. The van der Waals surface area contributed by atoms with E-state index in [2.05, 4.69) is 49.7 Å². The molecule has 164 valence electrons. The second-order valence-corrected chi connectivity index (χ2v) is 8.94. The van der Waals surface area contributed by atoms with Gasteiger partial charge in [0.15, 0.2) is 0 Å². The minimum Gasteiger partial charge on any atom is -0.411 e. The number of H-pyrrole nitrogens is 1. The van der Waals surface area contributed by atoms with Crippen molar-refractivity contribution < 1.29 is 9.21 Å². The summed E-state index contributed by atoms with van der Waals surface area (Å²) in [5, 5.41) is 12.8. The molecule has 1 amide bonds. The number of hydrogen-bond acceptors (Lipinski definition) is 6. The van der Waals surface area contributed by atoms with Gasteiger partial charge in [-0.1, -0.05) is 60.3 Å². The maximum Gasteiger partial charge on any atom is 0.277 e. The van der Waals surface area contributed by atoms with Crippen molar-refractivity contribution in [2.24, 2.45) is 0 Å². The molecule has 1 aliphatic heterocycles. The SMILES string of the molecule is O=C(CSc1nnc(-c2c[nH]c3ccccc23)o1)NC1CCN(Cc2ccccc2)CC1. The van der Waals surface area contributed by atoms with Gasteiger partial charge in [-0.3, -0.25) is 9.69 Å². The van der Waals surface area contributed by atoms with Gasteiger partial charge in [-0.05, 0) is 24.5 Å². The Labute approximate surface area is 190 Å². The summed E-state index contributed by atoms with van der Waals surface area (Å²) in [6.07, 6.45) is 3.80. The summed E-state index contributed by atoms with van der Waals surface area (Å²) in [6, 6.07) is 18.7. The first kappa shape index (κ1) is 20.8. The van der Waals surface area contributed by atoms with Crippen LogP contribution in [0.1, 0.15) is 18.4 Å². The van der Waals surface area contributed by atoms with E-state index >= 15 is 0 Å². The molecule has 0 unspecified atom stereocenters. The van der Waals surface area contributed by atoms with Crippen LogP contribution < -0.4 is 5.32 Å². The predicted molar refractivity (Wildman–Crippen MR) is 125 cm³/mol. The summed E-state index contributed by atoms with van der Waals surface area (Å²) in [5.74, 6) is 0.722. The number of fused-ring (bicyclic) bond motifs is 1. The molecule has 32 heavy (non-hydrogen) atoms. The van der Waals surface area contributed by atoms with Crippen LogP contribution in [0, 0.1) is 0 Å². The number of thioether (sulfide) groups is 1. The van der Waals surface area contributed by atoms with E-state index in [0.717, 1.165) is 48.9 Å². The minimum absolute atomic E-state index is 0.00311. The quantitative estimate of drug-likeness (QED) is 0.415. The van der Waals surface area contributed by atoms with Crippen LogP contribution >= 0.6 is 11.8 Å². The number of nitrogens with zero attached hydrogens (tertiary/aromatic N) is 3. The molecule has 8 heteroatoms. The average Bonchev–Trinajstić information content (AvgIpc) is 3.46. The van der Waals surface area contributed by atoms with Gasteiger partial charge in [0, 0.05) is 42.8 Å². The van der Waals surface area contributed by atoms with Crippen molar-refractivity contribution >= 4 is 28.6 Å². The maximum absolute atomic E-state index is 12.4. The number of aromatic nitrogens is 3. The molecule has 0 radical (unpaired) electrons. The molecule has 0 atom stereocenters. The number of carbonyl (C=O) groups excluding carboxylic acids is 1.